The topological polar surface area (TPSA) is 41.6 Å². The molecule has 0 N–H and O–H groups in total. The molecule has 0 radical (unpaired) electrons. The van der Waals surface area contributed by atoms with Crippen LogP contribution in [0.15, 0.2) is 28.7 Å². The second kappa shape index (κ2) is 4.72. The summed E-state index contributed by atoms with van der Waals surface area (Å²) in [4.78, 5) is 0. The van der Waals surface area contributed by atoms with Gasteiger partial charge in [-0.2, -0.15) is 10.4 Å². The van der Waals surface area contributed by atoms with Gasteiger partial charge in [0, 0.05) is 15.7 Å². The molecule has 86 valence electrons. The minimum Gasteiger partial charge on any atom is -0.236 e. The van der Waals surface area contributed by atoms with E-state index in [9.17, 15) is 0 Å². The molecule has 0 unspecified atom stereocenters. The third-order valence-corrected chi connectivity index (χ3v) is 3.45. The van der Waals surface area contributed by atoms with Crippen LogP contribution in [-0.4, -0.2) is 9.78 Å². The first-order valence-corrected chi connectivity index (χ1v) is 6.11. The van der Waals surface area contributed by atoms with E-state index in [1.807, 2.05) is 42.8 Å². The van der Waals surface area contributed by atoms with Crippen molar-refractivity contribution in [3.63, 3.8) is 0 Å². The first-order valence-electron chi connectivity index (χ1n) is 5.32. The van der Waals surface area contributed by atoms with Crippen LogP contribution in [0.2, 0.25) is 0 Å². The smallest absolute Gasteiger partial charge is 0.0790 e. The van der Waals surface area contributed by atoms with E-state index in [1.165, 1.54) is 0 Å². The van der Waals surface area contributed by atoms with Gasteiger partial charge in [-0.05, 0) is 41.9 Å². The second-order valence-corrected chi connectivity index (χ2v) is 4.70. The number of hydrogen-bond donors (Lipinski definition) is 0. The molecule has 0 aliphatic heterocycles. The van der Waals surface area contributed by atoms with Crippen molar-refractivity contribution in [1.29, 1.82) is 5.26 Å². The van der Waals surface area contributed by atoms with Gasteiger partial charge in [-0.1, -0.05) is 12.1 Å². The number of hydrogen-bond acceptors (Lipinski definition) is 2. The number of aromatic nitrogens is 2. The lowest BCUT2D eigenvalue weighted by molar-refractivity contribution is 0.829. The fourth-order valence-corrected chi connectivity index (χ4v) is 2.32. The molecule has 1 aromatic heterocycles. The molecular weight excluding hydrogens is 278 g/mol. The average Bonchev–Trinajstić information content (AvgIpc) is 2.58. The van der Waals surface area contributed by atoms with E-state index >= 15 is 0 Å². The third-order valence-electron chi connectivity index (χ3n) is 2.78. The van der Waals surface area contributed by atoms with Crippen molar-refractivity contribution < 1.29 is 0 Å². The molecule has 0 aliphatic rings. The van der Waals surface area contributed by atoms with Crippen LogP contribution in [0.1, 0.15) is 17.0 Å². The molecule has 4 heteroatoms. The zero-order valence-corrected chi connectivity index (χ0v) is 11.3. The van der Waals surface area contributed by atoms with E-state index in [1.54, 1.807) is 0 Å². The van der Waals surface area contributed by atoms with Gasteiger partial charge in [0.15, 0.2) is 0 Å². The van der Waals surface area contributed by atoms with Crippen molar-refractivity contribution >= 4 is 15.9 Å². The molecule has 2 aromatic rings. The molecule has 0 saturated carbocycles. The molecular formula is C13H12BrN3. The van der Waals surface area contributed by atoms with E-state index < -0.39 is 0 Å². The van der Waals surface area contributed by atoms with Gasteiger partial charge in [0.1, 0.15) is 0 Å². The average molecular weight is 290 g/mol. The quantitative estimate of drug-likeness (QED) is 0.851. The summed E-state index contributed by atoms with van der Waals surface area (Å²) < 4.78 is 2.88. The zero-order valence-electron chi connectivity index (χ0n) is 9.74. The van der Waals surface area contributed by atoms with E-state index in [0.717, 1.165) is 27.1 Å². The second-order valence-electron chi connectivity index (χ2n) is 3.85. The van der Waals surface area contributed by atoms with E-state index in [2.05, 4.69) is 27.1 Å². The Kier molecular flexibility index (Phi) is 3.30. The van der Waals surface area contributed by atoms with Gasteiger partial charge in [-0.3, -0.25) is 0 Å². The van der Waals surface area contributed by atoms with Crippen molar-refractivity contribution in [2.45, 2.75) is 20.3 Å². The number of para-hydroxylation sites is 1. The first kappa shape index (κ1) is 11.9. The monoisotopic (exact) mass is 289 g/mol. The maximum absolute atomic E-state index is 8.81. The molecule has 0 atom stereocenters. The van der Waals surface area contributed by atoms with E-state index in [-0.39, 0.29) is 0 Å². The van der Waals surface area contributed by atoms with Gasteiger partial charge >= 0.3 is 0 Å². The predicted octanol–water partition coefficient (Wildman–Crippen LogP) is 3.32. The summed E-state index contributed by atoms with van der Waals surface area (Å²) >= 11 is 3.51. The molecule has 17 heavy (non-hydrogen) atoms. The molecule has 0 fully saturated rings. The minimum absolute atomic E-state index is 0.405. The SMILES string of the molecule is Cc1nn(-c2ccccc2Br)c(C)c1CC#N. The van der Waals surface area contributed by atoms with Crippen molar-refractivity contribution in [2.24, 2.45) is 0 Å². The van der Waals surface area contributed by atoms with Gasteiger partial charge in [0.2, 0.25) is 0 Å². The zero-order chi connectivity index (χ0) is 12.4. The maximum atomic E-state index is 8.81. The Bertz CT molecular complexity index is 593. The summed E-state index contributed by atoms with van der Waals surface area (Å²) in [7, 11) is 0. The standard InChI is InChI=1S/C13H12BrN3/c1-9-11(7-8-15)10(2)17(16-9)13-6-4-3-5-12(13)14/h3-6H,7H2,1-2H3. The summed E-state index contributed by atoms with van der Waals surface area (Å²) in [5.41, 5.74) is 3.95. The Labute approximate surface area is 109 Å². The summed E-state index contributed by atoms with van der Waals surface area (Å²) in [5.74, 6) is 0. The third kappa shape index (κ3) is 2.11. The molecule has 0 bridgehead atoms. The highest BCUT2D eigenvalue weighted by atomic mass is 79.9. The lowest BCUT2D eigenvalue weighted by Gasteiger charge is -2.06. The fraction of sp³-hybridized carbons (Fsp3) is 0.231. The maximum Gasteiger partial charge on any atom is 0.0790 e. The van der Waals surface area contributed by atoms with Crippen LogP contribution in [0.3, 0.4) is 0 Å². The largest absolute Gasteiger partial charge is 0.236 e. The number of nitrogens with zero attached hydrogens (tertiary/aromatic N) is 3. The Morgan fingerprint density at radius 3 is 2.71 bits per heavy atom. The Morgan fingerprint density at radius 2 is 2.06 bits per heavy atom. The molecule has 0 aliphatic carbocycles. The van der Waals surface area contributed by atoms with Crippen molar-refractivity contribution in [3.8, 4) is 11.8 Å². The molecule has 3 nitrogen and oxygen atoms in total. The molecule has 1 aromatic carbocycles. The van der Waals surface area contributed by atoms with Gasteiger partial charge in [-0.15, -0.1) is 0 Å². The lowest BCUT2D eigenvalue weighted by Crippen LogP contribution is -2.00. The van der Waals surface area contributed by atoms with Crippen LogP contribution in [0.25, 0.3) is 5.69 Å². The summed E-state index contributed by atoms with van der Waals surface area (Å²) in [6.45, 7) is 3.93. The number of rotatable bonds is 2. The highest BCUT2D eigenvalue weighted by Crippen LogP contribution is 2.24. The van der Waals surface area contributed by atoms with Crippen molar-refractivity contribution in [3.05, 3.63) is 45.7 Å². The molecule has 2 rings (SSSR count). The van der Waals surface area contributed by atoms with Crippen LogP contribution in [0, 0.1) is 25.2 Å². The summed E-state index contributed by atoms with van der Waals surface area (Å²) in [6, 6.07) is 10.1. The highest BCUT2D eigenvalue weighted by molar-refractivity contribution is 9.10. The van der Waals surface area contributed by atoms with Crippen molar-refractivity contribution in [1.82, 2.24) is 9.78 Å². The van der Waals surface area contributed by atoms with Gasteiger partial charge in [0.05, 0.1) is 23.9 Å². The molecule has 0 saturated heterocycles. The van der Waals surface area contributed by atoms with Crippen molar-refractivity contribution in [2.75, 3.05) is 0 Å². The van der Waals surface area contributed by atoms with Crippen LogP contribution < -0.4 is 0 Å². The van der Waals surface area contributed by atoms with Gasteiger partial charge in [-0.25, -0.2) is 4.68 Å². The Morgan fingerprint density at radius 1 is 1.35 bits per heavy atom. The van der Waals surface area contributed by atoms with Crippen LogP contribution >= 0.6 is 15.9 Å². The number of aryl methyl sites for hydroxylation is 1. The Balaban J connectivity index is 2.59. The first-order chi connectivity index (χ1) is 8.15. The van der Waals surface area contributed by atoms with Gasteiger partial charge in [0.25, 0.3) is 0 Å². The molecule has 1 heterocycles. The number of nitriles is 1. The van der Waals surface area contributed by atoms with E-state index in [0.29, 0.717) is 6.42 Å². The molecule has 0 amide bonds. The normalized spacial score (nSPS) is 10.2. The highest BCUT2D eigenvalue weighted by Gasteiger charge is 2.13. The lowest BCUT2D eigenvalue weighted by atomic mass is 10.1. The fourth-order valence-electron chi connectivity index (χ4n) is 1.87. The van der Waals surface area contributed by atoms with Gasteiger partial charge < -0.3 is 0 Å². The number of benzene rings is 1. The van der Waals surface area contributed by atoms with Crippen LogP contribution in [0.4, 0.5) is 0 Å². The summed E-state index contributed by atoms with van der Waals surface area (Å²) in [6.07, 6.45) is 0.405. The number of halogens is 1. The van der Waals surface area contributed by atoms with Crippen LogP contribution in [-0.2, 0) is 6.42 Å². The predicted molar refractivity (Wildman–Crippen MR) is 70.1 cm³/mol. The minimum atomic E-state index is 0.405. The summed E-state index contributed by atoms with van der Waals surface area (Å²) in [5, 5.41) is 13.3. The van der Waals surface area contributed by atoms with E-state index in [4.69, 9.17) is 5.26 Å². The Hall–Kier alpha value is -1.60. The van der Waals surface area contributed by atoms with Crippen LogP contribution in [0.5, 0.6) is 0 Å². The molecule has 0 spiro atoms.